The fourth-order valence-corrected chi connectivity index (χ4v) is 7.34. The molecule has 168 valence electrons. The molecule has 0 aromatic carbocycles. The molecule has 5 nitrogen and oxygen atoms in total. The standard InChI is InChI=1S/C25H40N2O3/c1-17(28)30-23-9-8-21-20-7-6-18-16-19(26-29-15-14-27(4)5)10-12-24(18,2)22(20)11-13-25(21,23)3/h16,20-23H,6-15H2,1-5H3/t20-,21-,22-,23-,24-,25-/m0/s1. The number of ether oxygens (including phenoxy) is 1. The van der Waals surface area contributed by atoms with Gasteiger partial charge in [0, 0.05) is 18.9 Å². The predicted octanol–water partition coefficient (Wildman–Crippen LogP) is 4.82. The molecule has 0 N–H and O–H groups in total. The first-order chi connectivity index (χ1) is 14.2. The maximum atomic E-state index is 11.6. The molecule has 0 radical (unpaired) electrons. The van der Waals surface area contributed by atoms with E-state index in [4.69, 9.17) is 9.57 Å². The molecule has 4 rings (SSSR count). The third-order valence-electron chi connectivity index (χ3n) is 9.01. The van der Waals surface area contributed by atoms with E-state index in [1.54, 1.807) is 12.5 Å². The number of carbonyl (C=O) groups excluding carboxylic acids is 1. The van der Waals surface area contributed by atoms with Crippen LogP contribution in [0.15, 0.2) is 16.8 Å². The van der Waals surface area contributed by atoms with E-state index < -0.39 is 0 Å². The number of rotatable bonds is 5. The Balaban J connectivity index is 1.48. The van der Waals surface area contributed by atoms with Crippen LogP contribution in [0.25, 0.3) is 0 Å². The first-order valence-electron chi connectivity index (χ1n) is 12.0. The van der Waals surface area contributed by atoms with Crippen LogP contribution >= 0.6 is 0 Å². The van der Waals surface area contributed by atoms with E-state index in [2.05, 4.69) is 44.1 Å². The van der Waals surface area contributed by atoms with E-state index in [0.29, 0.717) is 17.9 Å². The van der Waals surface area contributed by atoms with Gasteiger partial charge in [0.25, 0.3) is 0 Å². The Morgan fingerprint density at radius 2 is 1.93 bits per heavy atom. The fourth-order valence-electron chi connectivity index (χ4n) is 7.34. The van der Waals surface area contributed by atoms with Gasteiger partial charge in [-0.1, -0.05) is 24.6 Å². The zero-order valence-electron chi connectivity index (χ0n) is 19.6. The van der Waals surface area contributed by atoms with Crippen molar-refractivity contribution in [1.29, 1.82) is 0 Å². The first-order valence-corrected chi connectivity index (χ1v) is 12.0. The Morgan fingerprint density at radius 3 is 2.67 bits per heavy atom. The van der Waals surface area contributed by atoms with Gasteiger partial charge in [-0.25, -0.2) is 0 Å². The highest BCUT2D eigenvalue weighted by atomic mass is 16.6. The summed E-state index contributed by atoms with van der Waals surface area (Å²) in [7, 11) is 4.11. The van der Waals surface area contributed by atoms with Gasteiger partial charge in [0.1, 0.15) is 12.7 Å². The van der Waals surface area contributed by atoms with Crippen molar-refractivity contribution in [1.82, 2.24) is 4.90 Å². The zero-order chi connectivity index (χ0) is 21.5. The number of nitrogens with zero attached hydrogens (tertiary/aromatic N) is 2. The number of hydrogen-bond acceptors (Lipinski definition) is 5. The van der Waals surface area contributed by atoms with Gasteiger partial charge in [-0.2, -0.15) is 0 Å². The van der Waals surface area contributed by atoms with Crippen molar-refractivity contribution in [3.05, 3.63) is 11.6 Å². The Morgan fingerprint density at radius 1 is 1.13 bits per heavy atom. The first kappa shape index (κ1) is 21.9. The van der Waals surface area contributed by atoms with Crippen molar-refractivity contribution in [2.24, 2.45) is 33.7 Å². The quantitative estimate of drug-likeness (QED) is 0.366. The molecule has 0 spiro atoms. The predicted molar refractivity (Wildman–Crippen MR) is 119 cm³/mol. The molecular weight excluding hydrogens is 376 g/mol. The summed E-state index contributed by atoms with van der Waals surface area (Å²) >= 11 is 0. The summed E-state index contributed by atoms with van der Waals surface area (Å²) in [5.74, 6) is 2.10. The highest BCUT2D eigenvalue weighted by Crippen LogP contribution is 2.65. The topological polar surface area (TPSA) is 51.1 Å². The molecule has 0 bridgehead atoms. The van der Waals surface area contributed by atoms with E-state index >= 15 is 0 Å². The van der Waals surface area contributed by atoms with Crippen molar-refractivity contribution >= 4 is 11.7 Å². The minimum atomic E-state index is -0.114. The van der Waals surface area contributed by atoms with Gasteiger partial charge in [-0.15, -0.1) is 0 Å². The molecule has 3 fully saturated rings. The second-order valence-electron chi connectivity index (χ2n) is 10.9. The fraction of sp³-hybridized carbons (Fsp3) is 0.840. The number of allylic oxidation sites excluding steroid dienone is 2. The minimum absolute atomic E-state index is 0.114. The molecule has 3 saturated carbocycles. The number of fused-ring (bicyclic) bond motifs is 5. The van der Waals surface area contributed by atoms with Crippen LogP contribution in [0.1, 0.15) is 72.1 Å². The normalized spacial score (nSPS) is 41.7. The molecule has 0 heterocycles. The Bertz CT molecular complexity index is 730. The molecule has 0 aromatic heterocycles. The summed E-state index contributed by atoms with van der Waals surface area (Å²) in [6.45, 7) is 8.01. The summed E-state index contributed by atoms with van der Waals surface area (Å²) < 4.78 is 5.79. The van der Waals surface area contributed by atoms with Crippen molar-refractivity contribution in [3.63, 3.8) is 0 Å². The second-order valence-corrected chi connectivity index (χ2v) is 10.9. The van der Waals surface area contributed by atoms with Crippen LogP contribution in [-0.4, -0.2) is 49.9 Å². The molecule has 30 heavy (non-hydrogen) atoms. The largest absolute Gasteiger partial charge is 0.462 e. The number of likely N-dealkylation sites (N-methyl/N-ethyl adjacent to an activating group) is 1. The minimum Gasteiger partial charge on any atom is -0.462 e. The maximum absolute atomic E-state index is 11.6. The van der Waals surface area contributed by atoms with Gasteiger partial charge in [-0.3, -0.25) is 4.79 Å². The van der Waals surface area contributed by atoms with E-state index in [9.17, 15) is 4.79 Å². The van der Waals surface area contributed by atoms with Crippen molar-refractivity contribution in [3.8, 4) is 0 Å². The lowest BCUT2D eigenvalue weighted by Crippen LogP contribution is -2.51. The maximum Gasteiger partial charge on any atom is 0.302 e. The van der Waals surface area contributed by atoms with Crippen LogP contribution in [-0.2, 0) is 14.4 Å². The Hall–Kier alpha value is -1.36. The summed E-state index contributed by atoms with van der Waals surface area (Å²) in [4.78, 5) is 19.3. The SMILES string of the molecule is CC(=O)O[C@H]1CC[C@H]2[C@@H]3CCC4=CC(=NOCCN(C)C)CC[C@]4(C)[C@H]3CC[C@]12C. The van der Waals surface area contributed by atoms with Gasteiger partial charge in [0.2, 0.25) is 0 Å². The summed E-state index contributed by atoms with van der Waals surface area (Å²) in [5, 5.41) is 4.45. The number of esters is 1. The van der Waals surface area contributed by atoms with Crippen molar-refractivity contribution < 1.29 is 14.4 Å². The van der Waals surface area contributed by atoms with Gasteiger partial charge >= 0.3 is 5.97 Å². The van der Waals surface area contributed by atoms with E-state index in [1.807, 2.05) is 0 Å². The smallest absolute Gasteiger partial charge is 0.302 e. The highest BCUT2D eigenvalue weighted by Gasteiger charge is 2.59. The zero-order valence-corrected chi connectivity index (χ0v) is 19.6. The molecule has 0 saturated heterocycles. The van der Waals surface area contributed by atoms with Crippen molar-refractivity contribution in [2.75, 3.05) is 27.2 Å². The molecule has 0 amide bonds. The van der Waals surface area contributed by atoms with E-state index in [-0.39, 0.29) is 17.5 Å². The average molecular weight is 417 g/mol. The van der Waals surface area contributed by atoms with E-state index in [0.717, 1.165) is 36.9 Å². The molecule has 0 unspecified atom stereocenters. The van der Waals surface area contributed by atoms with Gasteiger partial charge in [-0.05, 0) is 94.7 Å². The van der Waals surface area contributed by atoms with E-state index in [1.165, 1.54) is 38.5 Å². The van der Waals surface area contributed by atoms with Crippen LogP contribution in [0.5, 0.6) is 0 Å². The monoisotopic (exact) mass is 416 g/mol. The molecule has 0 aliphatic heterocycles. The van der Waals surface area contributed by atoms with Gasteiger partial charge in [0.05, 0.1) is 5.71 Å². The number of oxime groups is 1. The Labute approximate surface area is 182 Å². The van der Waals surface area contributed by atoms with Crippen LogP contribution in [0.2, 0.25) is 0 Å². The molecule has 4 aliphatic rings. The Kier molecular flexibility index (Phi) is 6.04. The van der Waals surface area contributed by atoms with Crippen LogP contribution in [0, 0.1) is 28.6 Å². The summed E-state index contributed by atoms with van der Waals surface area (Å²) in [5.41, 5.74) is 3.19. The van der Waals surface area contributed by atoms with Gasteiger partial charge in [0.15, 0.2) is 0 Å². The third kappa shape index (κ3) is 3.83. The number of hydrogen-bond donors (Lipinski definition) is 0. The second kappa shape index (κ2) is 8.29. The van der Waals surface area contributed by atoms with Crippen LogP contribution < -0.4 is 0 Å². The van der Waals surface area contributed by atoms with Crippen LogP contribution in [0.4, 0.5) is 0 Å². The molecule has 4 aliphatic carbocycles. The van der Waals surface area contributed by atoms with Crippen LogP contribution in [0.3, 0.4) is 0 Å². The third-order valence-corrected chi connectivity index (χ3v) is 9.01. The molecule has 5 heteroatoms. The molecule has 6 atom stereocenters. The lowest BCUT2D eigenvalue weighted by molar-refractivity contribution is -0.157. The summed E-state index contributed by atoms with van der Waals surface area (Å²) in [6.07, 6.45) is 11.9. The summed E-state index contributed by atoms with van der Waals surface area (Å²) in [6, 6.07) is 0. The van der Waals surface area contributed by atoms with Gasteiger partial charge < -0.3 is 14.5 Å². The molecular formula is C25H40N2O3. The number of carbonyl (C=O) groups is 1. The average Bonchev–Trinajstić information content (AvgIpc) is 3.01. The lowest BCUT2D eigenvalue weighted by Gasteiger charge is -2.58. The lowest BCUT2D eigenvalue weighted by atomic mass is 9.47. The van der Waals surface area contributed by atoms with Crippen molar-refractivity contribution in [2.45, 2.75) is 78.2 Å². The highest BCUT2D eigenvalue weighted by molar-refractivity contribution is 5.96. The molecule has 0 aromatic rings.